The predicted octanol–water partition coefficient (Wildman–Crippen LogP) is 2.70. The molecule has 2 aromatic rings. The number of imide groups is 1. The van der Waals surface area contributed by atoms with Gasteiger partial charge in [-0.15, -0.1) is 0 Å². The number of fused-ring (bicyclic) bond motifs is 1. The van der Waals surface area contributed by atoms with E-state index in [9.17, 15) is 18.4 Å². The third kappa shape index (κ3) is 4.02. The minimum atomic E-state index is -0.980. The summed E-state index contributed by atoms with van der Waals surface area (Å²) in [6.07, 6.45) is 4.04. The van der Waals surface area contributed by atoms with Crippen molar-refractivity contribution in [2.75, 3.05) is 5.75 Å². The quantitative estimate of drug-likeness (QED) is 0.737. The first-order valence-electron chi connectivity index (χ1n) is 7.59. The van der Waals surface area contributed by atoms with Crippen molar-refractivity contribution in [3.05, 3.63) is 23.8 Å². The van der Waals surface area contributed by atoms with Crippen LogP contribution in [-0.2, 0) is 4.79 Å². The molecule has 3 amide bonds. The second-order valence-corrected chi connectivity index (χ2v) is 6.58. The van der Waals surface area contributed by atoms with Crippen molar-refractivity contribution in [3.8, 4) is 0 Å². The summed E-state index contributed by atoms with van der Waals surface area (Å²) in [7, 11) is 0. The van der Waals surface area contributed by atoms with Gasteiger partial charge in [0.25, 0.3) is 0 Å². The average molecular weight is 354 g/mol. The summed E-state index contributed by atoms with van der Waals surface area (Å²) in [5, 5.41) is 5.36. The SMILES string of the molecule is O=C(CSc1nc2cc(F)c(F)cc2[nH]1)NC(=O)NC1CCCC1. The van der Waals surface area contributed by atoms with E-state index in [1.54, 1.807) is 0 Å². The topological polar surface area (TPSA) is 86.9 Å². The fraction of sp³-hybridized carbons (Fsp3) is 0.400. The van der Waals surface area contributed by atoms with Gasteiger partial charge in [-0.25, -0.2) is 18.6 Å². The molecule has 0 atom stereocenters. The van der Waals surface area contributed by atoms with E-state index in [-0.39, 0.29) is 17.3 Å². The lowest BCUT2D eigenvalue weighted by molar-refractivity contribution is -0.117. The summed E-state index contributed by atoms with van der Waals surface area (Å²) in [6.45, 7) is 0. The number of thioether (sulfide) groups is 1. The molecule has 1 fully saturated rings. The largest absolute Gasteiger partial charge is 0.335 e. The summed E-state index contributed by atoms with van der Waals surface area (Å²) in [5.41, 5.74) is 0.617. The summed E-state index contributed by atoms with van der Waals surface area (Å²) in [6, 6.07) is 1.63. The molecule has 0 saturated heterocycles. The molecule has 128 valence electrons. The molecule has 1 saturated carbocycles. The van der Waals surface area contributed by atoms with E-state index in [0.717, 1.165) is 49.6 Å². The van der Waals surface area contributed by atoms with Gasteiger partial charge in [-0.05, 0) is 12.8 Å². The smallest absolute Gasteiger partial charge is 0.321 e. The fourth-order valence-electron chi connectivity index (χ4n) is 2.64. The molecule has 3 N–H and O–H groups in total. The number of urea groups is 1. The Labute approximate surface area is 140 Å². The van der Waals surface area contributed by atoms with E-state index in [2.05, 4.69) is 20.6 Å². The van der Waals surface area contributed by atoms with E-state index in [1.807, 2.05) is 0 Å². The molecule has 1 aliphatic carbocycles. The second-order valence-electron chi connectivity index (χ2n) is 5.62. The van der Waals surface area contributed by atoms with Gasteiger partial charge >= 0.3 is 6.03 Å². The van der Waals surface area contributed by atoms with Gasteiger partial charge in [-0.2, -0.15) is 0 Å². The number of amides is 3. The Morgan fingerprint density at radius 1 is 1.25 bits per heavy atom. The van der Waals surface area contributed by atoms with Crippen LogP contribution < -0.4 is 10.6 Å². The Morgan fingerprint density at radius 2 is 1.96 bits per heavy atom. The Bertz CT molecular complexity index is 735. The first-order chi connectivity index (χ1) is 11.5. The van der Waals surface area contributed by atoms with E-state index in [0.29, 0.717) is 10.7 Å². The molecule has 0 aliphatic heterocycles. The van der Waals surface area contributed by atoms with Crippen molar-refractivity contribution in [2.24, 2.45) is 0 Å². The monoisotopic (exact) mass is 354 g/mol. The lowest BCUT2D eigenvalue weighted by Gasteiger charge is -2.11. The highest BCUT2D eigenvalue weighted by Gasteiger charge is 2.18. The maximum absolute atomic E-state index is 13.1. The Morgan fingerprint density at radius 3 is 2.71 bits per heavy atom. The molecular weight excluding hydrogens is 338 g/mol. The molecule has 0 radical (unpaired) electrons. The number of benzene rings is 1. The van der Waals surface area contributed by atoms with Gasteiger partial charge in [0.1, 0.15) is 0 Å². The number of rotatable bonds is 4. The number of hydrogen-bond acceptors (Lipinski definition) is 4. The lowest BCUT2D eigenvalue weighted by Crippen LogP contribution is -2.44. The molecule has 24 heavy (non-hydrogen) atoms. The standard InChI is InChI=1S/C15H16F2N4O2S/c16-9-5-11-12(6-10(9)17)20-15(19-11)24-7-13(22)21-14(23)18-8-3-1-2-4-8/h5-6,8H,1-4,7H2,(H,19,20)(H2,18,21,22,23). The summed E-state index contributed by atoms with van der Waals surface area (Å²) < 4.78 is 26.3. The minimum absolute atomic E-state index is 0.0388. The van der Waals surface area contributed by atoms with Crippen molar-refractivity contribution in [3.63, 3.8) is 0 Å². The Hall–Kier alpha value is -2.16. The van der Waals surface area contributed by atoms with E-state index >= 15 is 0 Å². The number of carbonyl (C=O) groups excluding carboxylic acids is 2. The molecule has 0 spiro atoms. The summed E-state index contributed by atoms with van der Waals surface area (Å²) in [4.78, 5) is 30.3. The Balaban J connectivity index is 1.51. The van der Waals surface area contributed by atoms with E-state index in [1.165, 1.54) is 0 Å². The third-order valence-corrected chi connectivity index (χ3v) is 4.66. The van der Waals surface area contributed by atoms with E-state index < -0.39 is 23.6 Å². The van der Waals surface area contributed by atoms with E-state index in [4.69, 9.17) is 0 Å². The molecule has 0 bridgehead atoms. The van der Waals surface area contributed by atoms with Crippen LogP contribution in [0.1, 0.15) is 25.7 Å². The van der Waals surface area contributed by atoms with Gasteiger partial charge in [0.05, 0.1) is 16.8 Å². The van der Waals surface area contributed by atoms with Crippen LogP contribution in [0.3, 0.4) is 0 Å². The molecule has 1 aromatic heterocycles. The molecule has 1 aliphatic rings. The number of nitrogens with zero attached hydrogens (tertiary/aromatic N) is 1. The normalized spacial score (nSPS) is 14.9. The number of aromatic amines is 1. The van der Waals surface area contributed by atoms with Gasteiger partial charge in [0.15, 0.2) is 16.8 Å². The zero-order valence-electron chi connectivity index (χ0n) is 12.7. The minimum Gasteiger partial charge on any atom is -0.335 e. The number of hydrogen-bond donors (Lipinski definition) is 3. The molecule has 1 aromatic carbocycles. The zero-order valence-corrected chi connectivity index (χ0v) is 13.5. The second kappa shape index (κ2) is 7.16. The van der Waals surface area contributed by atoms with Crippen LogP contribution in [0.25, 0.3) is 11.0 Å². The van der Waals surface area contributed by atoms with Crippen LogP contribution in [0.4, 0.5) is 13.6 Å². The Kier molecular flexibility index (Phi) is 4.98. The highest BCUT2D eigenvalue weighted by atomic mass is 32.2. The van der Waals surface area contributed by atoms with Crippen molar-refractivity contribution in [1.29, 1.82) is 0 Å². The number of halogens is 2. The number of H-pyrrole nitrogens is 1. The maximum atomic E-state index is 13.1. The molecular formula is C15H16F2N4O2S. The van der Waals surface area contributed by atoms with Crippen LogP contribution in [-0.4, -0.2) is 33.7 Å². The number of carbonyl (C=O) groups is 2. The van der Waals surface area contributed by atoms with Gasteiger partial charge in [0.2, 0.25) is 5.91 Å². The number of nitrogens with one attached hydrogen (secondary N) is 3. The lowest BCUT2D eigenvalue weighted by atomic mass is 10.2. The molecule has 9 heteroatoms. The van der Waals surface area contributed by atoms with Crippen LogP contribution in [0.15, 0.2) is 17.3 Å². The van der Waals surface area contributed by atoms with Crippen molar-refractivity contribution < 1.29 is 18.4 Å². The van der Waals surface area contributed by atoms with Crippen LogP contribution in [0, 0.1) is 11.6 Å². The molecule has 1 heterocycles. The highest BCUT2D eigenvalue weighted by molar-refractivity contribution is 7.99. The number of imidazole rings is 1. The first kappa shape index (κ1) is 16.7. The molecule has 0 unspecified atom stereocenters. The van der Waals surface area contributed by atoms with Crippen LogP contribution >= 0.6 is 11.8 Å². The number of aromatic nitrogens is 2. The van der Waals surface area contributed by atoms with Gasteiger partial charge < -0.3 is 10.3 Å². The highest BCUT2D eigenvalue weighted by Crippen LogP contribution is 2.21. The van der Waals surface area contributed by atoms with Crippen molar-refractivity contribution in [1.82, 2.24) is 20.6 Å². The van der Waals surface area contributed by atoms with Gasteiger partial charge in [-0.1, -0.05) is 24.6 Å². The van der Waals surface area contributed by atoms with Crippen molar-refractivity contribution in [2.45, 2.75) is 36.9 Å². The molecule has 6 nitrogen and oxygen atoms in total. The van der Waals surface area contributed by atoms with Crippen molar-refractivity contribution >= 4 is 34.7 Å². The predicted molar refractivity (Wildman–Crippen MR) is 85.7 cm³/mol. The van der Waals surface area contributed by atoms with Gasteiger partial charge in [0, 0.05) is 18.2 Å². The molecule has 3 rings (SSSR count). The van der Waals surface area contributed by atoms with Crippen LogP contribution in [0.5, 0.6) is 0 Å². The first-order valence-corrected chi connectivity index (χ1v) is 8.58. The average Bonchev–Trinajstić information content (AvgIpc) is 3.15. The summed E-state index contributed by atoms with van der Waals surface area (Å²) in [5.74, 6) is -2.45. The zero-order chi connectivity index (χ0) is 17.1. The fourth-order valence-corrected chi connectivity index (χ4v) is 3.32. The van der Waals surface area contributed by atoms with Gasteiger partial charge in [-0.3, -0.25) is 10.1 Å². The maximum Gasteiger partial charge on any atom is 0.321 e. The summed E-state index contributed by atoms with van der Waals surface area (Å²) >= 11 is 1.05. The van der Waals surface area contributed by atoms with Crippen LogP contribution in [0.2, 0.25) is 0 Å². The third-order valence-electron chi connectivity index (χ3n) is 3.79.